The Balaban J connectivity index is 1.74. The number of nitrogens with zero attached hydrogens (tertiary/aromatic N) is 1. The largest absolute Gasteiger partial charge is 0.345 e. The molecule has 2 atom stereocenters. The molecule has 2 aromatic carbocycles. The molecule has 5 nitrogen and oxygen atoms in total. The molecule has 2 aromatic rings. The van der Waals surface area contributed by atoms with E-state index >= 15 is 0 Å². The molecular weight excluding hydrogens is 338 g/mol. The third-order valence-corrected chi connectivity index (χ3v) is 4.92. The molecule has 0 bridgehead atoms. The van der Waals surface area contributed by atoms with Crippen LogP contribution in [0.1, 0.15) is 40.9 Å². The number of piperazine rings is 1. The third kappa shape index (κ3) is 5.17. The lowest BCUT2D eigenvalue weighted by Crippen LogP contribution is -2.51. The Hall–Kier alpha value is -2.66. The number of hydrogen-bond acceptors (Lipinski definition) is 3. The number of amides is 2. The first-order valence-corrected chi connectivity index (χ1v) is 9.46. The van der Waals surface area contributed by atoms with E-state index in [1.807, 2.05) is 66.4 Å². The zero-order valence-corrected chi connectivity index (χ0v) is 15.9. The van der Waals surface area contributed by atoms with Crippen molar-refractivity contribution in [2.45, 2.75) is 32.4 Å². The minimum atomic E-state index is -0.349. The van der Waals surface area contributed by atoms with Crippen LogP contribution in [0.25, 0.3) is 0 Å². The normalized spacial score (nSPS) is 18.0. The molecule has 2 unspecified atom stereocenters. The van der Waals surface area contributed by atoms with Crippen LogP contribution in [0.15, 0.2) is 54.6 Å². The summed E-state index contributed by atoms with van der Waals surface area (Å²) in [7, 11) is 0. The Morgan fingerprint density at radius 1 is 1.15 bits per heavy atom. The highest BCUT2D eigenvalue weighted by Crippen LogP contribution is 2.19. The Morgan fingerprint density at radius 3 is 2.52 bits per heavy atom. The summed E-state index contributed by atoms with van der Waals surface area (Å²) in [6.45, 7) is 6.27. The summed E-state index contributed by atoms with van der Waals surface area (Å²) in [6.07, 6.45) is 0.258. The van der Waals surface area contributed by atoms with Gasteiger partial charge in [0.05, 0.1) is 12.5 Å². The second-order valence-corrected chi connectivity index (χ2v) is 7.20. The molecule has 1 fully saturated rings. The SMILES string of the molecule is Cc1ccc(C(=O)NC(CC(=O)N2CCNC(C)C2)c2ccccc2)cc1. The number of rotatable bonds is 5. The van der Waals surface area contributed by atoms with Gasteiger partial charge in [-0.3, -0.25) is 9.59 Å². The summed E-state index contributed by atoms with van der Waals surface area (Å²) < 4.78 is 0. The van der Waals surface area contributed by atoms with Crippen LogP contribution in [0.4, 0.5) is 0 Å². The smallest absolute Gasteiger partial charge is 0.251 e. The van der Waals surface area contributed by atoms with Gasteiger partial charge in [0.25, 0.3) is 5.91 Å². The summed E-state index contributed by atoms with van der Waals surface area (Å²) in [4.78, 5) is 27.4. The van der Waals surface area contributed by atoms with E-state index in [2.05, 4.69) is 17.6 Å². The van der Waals surface area contributed by atoms with Crippen molar-refractivity contribution in [3.05, 3.63) is 71.3 Å². The number of nitrogens with one attached hydrogen (secondary N) is 2. The van der Waals surface area contributed by atoms with Crippen LogP contribution >= 0.6 is 0 Å². The lowest BCUT2D eigenvalue weighted by Gasteiger charge is -2.33. The zero-order valence-electron chi connectivity index (χ0n) is 15.9. The fourth-order valence-electron chi connectivity index (χ4n) is 3.35. The van der Waals surface area contributed by atoms with Crippen LogP contribution in [0.3, 0.4) is 0 Å². The van der Waals surface area contributed by atoms with E-state index in [4.69, 9.17) is 0 Å². The summed E-state index contributed by atoms with van der Waals surface area (Å²) in [5.74, 6) is -0.0910. The summed E-state index contributed by atoms with van der Waals surface area (Å²) in [6, 6.07) is 17.1. The van der Waals surface area contributed by atoms with Gasteiger partial charge < -0.3 is 15.5 Å². The van der Waals surface area contributed by atoms with Crippen molar-refractivity contribution in [3.8, 4) is 0 Å². The Morgan fingerprint density at radius 2 is 1.85 bits per heavy atom. The monoisotopic (exact) mass is 365 g/mol. The summed E-state index contributed by atoms with van der Waals surface area (Å²) in [5, 5.41) is 6.39. The van der Waals surface area contributed by atoms with Crippen molar-refractivity contribution in [2.75, 3.05) is 19.6 Å². The minimum Gasteiger partial charge on any atom is -0.345 e. The number of carbonyl (C=O) groups is 2. The van der Waals surface area contributed by atoms with Gasteiger partial charge in [-0.25, -0.2) is 0 Å². The molecule has 3 rings (SSSR count). The van der Waals surface area contributed by atoms with Crippen LogP contribution < -0.4 is 10.6 Å². The van der Waals surface area contributed by atoms with Gasteiger partial charge in [-0.05, 0) is 31.5 Å². The van der Waals surface area contributed by atoms with Crippen LogP contribution in [0.5, 0.6) is 0 Å². The van der Waals surface area contributed by atoms with E-state index < -0.39 is 0 Å². The lowest BCUT2D eigenvalue weighted by molar-refractivity contribution is -0.132. The number of hydrogen-bond donors (Lipinski definition) is 2. The summed E-state index contributed by atoms with van der Waals surface area (Å²) in [5.41, 5.74) is 2.65. The molecule has 142 valence electrons. The second kappa shape index (κ2) is 8.82. The van der Waals surface area contributed by atoms with Crippen LogP contribution in [0, 0.1) is 6.92 Å². The van der Waals surface area contributed by atoms with E-state index in [0.29, 0.717) is 24.7 Å². The molecule has 1 heterocycles. The third-order valence-electron chi connectivity index (χ3n) is 4.92. The van der Waals surface area contributed by atoms with Gasteiger partial charge in [-0.15, -0.1) is 0 Å². The maximum absolute atomic E-state index is 12.8. The highest BCUT2D eigenvalue weighted by molar-refractivity contribution is 5.94. The molecule has 2 N–H and O–H groups in total. The van der Waals surface area contributed by atoms with Gasteiger partial charge in [0.1, 0.15) is 0 Å². The molecule has 0 aromatic heterocycles. The fraction of sp³-hybridized carbons (Fsp3) is 0.364. The Labute approximate surface area is 160 Å². The van der Waals surface area contributed by atoms with Crippen LogP contribution in [-0.4, -0.2) is 42.4 Å². The van der Waals surface area contributed by atoms with Crippen LogP contribution in [-0.2, 0) is 4.79 Å². The topological polar surface area (TPSA) is 61.4 Å². The van der Waals surface area contributed by atoms with E-state index in [1.54, 1.807) is 0 Å². The maximum atomic E-state index is 12.8. The molecule has 27 heavy (non-hydrogen) atoms. The van der Waals surface area contributed by atoms with E-state index in [1.165, 1.54) is 0 Å². The fourth-order valence-corrected chi connectivity index (χ4v) is 3.35. The average molecular weight is 365 g/mol. The van der Waals surface area contributed by atoms with E-state index in [9.17, 15) is 9.59 Å². The first kappa shape index (κ1) is 19.1. The standard InChI is InChI=1S/C22H27N3O2/c1-16-8-10-19(11-9-16)22(27)24-20(18-6-4-3-5-7-18)14-21(26)25-13-12-23-17(2)15-25/h3-11,17,20,23H,12-15H2,1-2H3,(H,24,27). The predicted octanol–water partition coefficient (Wildman–Crippen LogP) is 2.68. The molecule has 0 radical (unpaired) electrons. The summed E-state index contributed by atoms with van der Waals surface area (Å²) >= 11 is 0. The predicted molar refractivity (Wildman–Crippen MR) is 106 cm³/mol. The maximum Gasteiger partial charge on any atom is 0.251 e. The number of aryl methyl sites for hydroxylation is 1. The van der Waals surface area contributed by atoms with Gasteiger partial charge in [-0.2, -0.15) is 0 Å². The van der Waals surface area contributed by atoms with Crippen molar-refractivity contribution in [1.29, 1.82) is 0 Å². The number of benzene rings is 2. The quantitative estimate of drug-likeness (QED) is 0.856. The average Bonchev–Trinajstić information content (AvgIpc) is 2.68. The van der Waals surface area contributed by atoms with Gasteiger partial charge in [-0.1, -0.05) is 48.0 Å². The molecule has 0 saturated carbocycles. The van der Waals surface area contributed by atoms with Gasteiger partial charge in [0.15, 0.2) is 0 Å². The van der Waals surface area contributed by atoms with E-state index in [-0.39, 0.29) is 24.3 Å². The highest BCUT2D eigenvalue weighted by Gasteiger charge is 2.25. The second-order valence-electron chi connectivity index (χ2n) is 7.20. The van der Waals surface area contributed by atoms with Crippen LogP contribution in [0.2, 0.25) is 0 Å². The first-order valence-electron chi connectivity index (χ1n) is 9.46. The molecule has 2 amide bonds. The Kier molecular flexibility index (Phi) is 6.24. The van der Waals surface area contributed by atoms with Crippen molar-refractivity contribution in [2.24, 2.45) is 0 Å². The van der Waals surface area contributed by atoms with E-state index in [0.717, 1.165) is 17.7 Å². The van der Waals surface area contributed by atoms with Gasteiger partial charge in [0.2, 0.25) is 5.91 Å². The molecule has 1 saturated heterocycles. The van der Waals surface area contributed by atoms with Gasteiger partial charge in [0, 0.05) is 31.2 Å². The first-order chi connectivity index (χ1) is 13.0. The van der Waals surface area contributed by atoms with Crippen molar-refractivity contribution >= 4 is 11.8 Å². The highest BCUT2D eigenvalue weighted by atomic mass is 16.2. The Bertz CT molecular complexity index is 774. The lowest BCUT2D eigenvalue weighted by atomic mass is 10.0. The zero-order chi connectivity index (χ0) is 19.2. The minimum absolute atomic E-state index is 0.0707. The molecule has 1 aliphatic rings. The molecule has 0 spiro atoms. The number of carbonyl (C=O) groups excluding carboxylic acids is 2. The van der Waals surface area contributed by atoms with Crippen molar-refractivity contribution in [1.82, 2.24) is 15.5 Å². The van der Waals surface area contributed by atoms with Crippen molar-refractivity contribution < 1.29 is 9.59 Å². The van der Waals surface area contributed by atoms with Crippen molar-refractivity contribution in [3.63, 3.8) is 0 Å². The molecule has 1 aliphatic heterocycles. The molecule has 5 heteroatoms. The molecule has 0 aliphatic carbocycles. The van der Waals surface area contributed by atoms with Gasteiger partial charge >= 0.3 is 0 Å². The molecular formula is C22H27N3O2.